The summed E-state index contributed by atoms with van der Waals surface area (Å²) in [6.07, 6.45) is 1.64. The van der Waals surface area contributed by atoms with Crippen molar-refractivity contribution in [3.8, 4) is 5.75 Å². The molecule has 5 rings (SSSR count). The number of halogens is 1. The molecule has 0 aliphatic carbocycles. The number of thiazole rings is 1. The Morgan fingerprint density at radius 2 is 2.00 bits per heavy atom. The summed E-state index contributed by atoms with van der Waals surface area (Å²) in [4.78, 5) is 47.5. The van der Waals surface area contributed by atoms with Crippen LogP contribution >= 0.6 is 22.9 Å². The Labute approximate surface area is 227 Å². The van der Waals surface area contributed by atoms with E-state index in [0.717, 1.165) is 11.3 Å². The molecule has 0 unspecified atom stereocenters. The number of aromatic nitrogens is 1. The van der Waals surface area contributed by atoms with E-state index in [4.69, 9.17) is 21.1 Å². The molecule has 194 valence electrons. The lowest BCUT2D eigenvalue weighted by atomic mass is 9.95. The van der Waals surface area contributed by atoms with Gasteiger partial charge in [0, 0.05) is 22.7 Å². The fourth-order valence-corrected chi connectivity index (χ4v) is 6.18. The molecule has 3 heterocycles. The van der Waals surface area contributed by atoms with Crippen LogP contribution in [0.25, 0.3) is 5.57 Å². The van der Waals surface area contributed by atoms with E-state index in [2.05, 4.69) is 11.6 Å². The second-order valence-electron chi connectivity index (χ2n) is 8.61. The summed E-state index contributed by atoms with van der Waals surface area (Å²) >= 11 is 7.46. The number of hydrogen-bond donors (Lipinski definition) is 0. The van der Waals surface area contributed by atoms with Crippen molar-refractivity contribution in [2.75, 3.05) is 25.2 Å². The Kier molecular flexibility index (Phi) is 6.81. The Balaban J connectivity index is 1.86. The number of benzene rings is 2. The van der Waals surface area contributed by atoms with Crippen LogP contribution in [-0.2, 0) is 14.3 Å². The summed E-state index contributed by atoms with van der Waals surface area (Å²) in [5.74, 6) is -0.457. The number of anilines is 1. The Morgan fingerprint density at radius 3 is 2.71 bits per heavy atom. The number of rotatable bonds is 6. The van der Waals surface area contributed by atoms with Crippen LogP contribution in [0.3, 0.4) is 0 Å². The molecule has 1 amide bonds. The number of ether oxygens (including phenoxy) is 2. The van der Waals surface area contributed by atoms with Crippen LogP contribution in [0.15, 0.2) is 76.2 Å². The van der Waals surface area contributed by atoms with E-state index in [1.54, 1.807) is 43.0 Å². The molecule has 0 fully saturated rings. The predicted octanol–water partition coefficient (Wildman–Crippen LogP) is 3.36. The van der Waals surface area contributed by atoms with Gasteiger partial charge in [0.15, 0.2) is 4.80 Å². The zero-order chi connectivity index (χ0) is 27.1. The van der Waals surface area contributed by atoms with Crippen molar-refractivity contribution in [1.29, 1.82) is 0 Å². The fourth-order valence-electron chi connectivity index (χ4n) is 4.86. The monoisotopic (exact) mass is 549 g/mol. The zero-order valence-electron chi connectivity index (χ0n) is 21.0. The van der Waals surface area contributed by atoms with Crippen LogP contribution in [0.1, 0.15) is 31.0 Å². The maximum Gasteiger partial charge on any atom is 0.338 e. The number of esters is 1. The van der Waals surface area contributed by atoms with Gasteiger partial charge in [0.05, 0.1) is 36.2 Å². The molecule has 0 spiro atoms. The standard InChI is InChI=1S/C28H24ClN3O5S/c1-5-13-31-19-10-8-7-9-17(19)22(25(31)33)24-26(34)32-23(18-14-16(29)11-12-20(18)36-4)21(27(35)37-6-2)15(3)30-28(32)38-24/h5,7-12,14,23H,1,6,13H2,2-4H3/b24-22-/t23-/m1/s1. The van der Waals surface area contributed by atoms with Crippen LogP contribution in [0.5, 0.6) is 5.75 Å². The van der Waals surface area contributed by atoms with Gasteiger partial charge < -0.3 is 14.4 Å². The minimum Gasteiger partial charge on any atom is -0.496 e. The van der Waals surface area contributed by atoms with Gasteiger partial charge in [0.1, 0.15) is 16.3 Å². The summed E-state index contributed by atoms with van der Waals surface area (Å²) in [6.45, 7) is 7.61. The highest BCUT2D eigenvalue weighted by molar-refractivity contribution is 7.07. The van der Waals surface area contributed by atoms with Crippen LogP contribution in [0.2, 0.25) is 5.02 Å². The number of carbonyl (C=O) groups excluding carboxylic acids is 2. The third-order valence-electron chi connectivity index (χ3n) is 6.44. The Morgan fingerprint density at radius 1 is 1.24 bits per heavy atom. The van der Waals surface area contributed by atoms with Crippen molar-refractivity contribution in [1.82, 2.24) is 4.57 Å². The lowest BCUT2D eigenvalue weighted by molar-refractivity contribution is -0.139. The topological polar surface area (TPSA) is 90.2 Å². The van der Waals surface area contributed by atoms with E-state index in [-0.39, 0.29) is 22.6 Å². The van der Waals surface area contributed by atoms with Crippen LogP contribution in [0, 0.1) is 0 Å². The molecule has 0 bridgehead atoms. The summed E-state index contributed by atoms with van der Waals surface area (Å²) in [6, 6.07) is 11.4. The molecular weight excluding hydrogens is 526 g/mol. The van der Waals surface area contributed by atoms with Crippen molar-refractivity contribution in [3.05, 3.63) is 102 Å². The highest BCUT2D eigenvalue weighted by Gasteiger charge is 2.38. The van der Waals surface area contributed by atoms with Gasteiger partial charge in [0.2, 0.25) is 0 Å². The molecule has 1 atom stereocenters. The number of carbonyl (C=O) groups is 2. The minimum atomic E-state index is -0.927. The minimum absolute atomic E-state index is 0.147. The maximum atomic E-state index is 14.2. The third-order valence-corrected chi connectivity index (χ3v) is 7.73. The van der Waals surface area contributed by atoms with Gasteiger partial charge in [-0.1, -0.05) is 47.2 Å². The van der Waals surface area contributed by atoms with Gasteiger partial charge in [-0.3, -0.25) is 14.2 Å². The number of amides is 1. The van der Waals surface area contributed by atoms with Gasteiger partial charge in [-0.05, 0) is 38.1 Å². The van der Waals surface area contributed by atoms with Crippen molar-refractivity contribution >= 4 is 46.1 Å². The second-order valence-corrected chi connectivity index (χ2v) is 10.0. The first-order valence-electron chi connectivity index (χ1n) is 11.9. The van der Waals surface area contributed by atoms with E-state index in [1.165, 1.54) is 11.7 Å². The van der Waals surface area contributed by atoms with E-state index in [1.807, 2.05) is 24.3 Å². The van der Waals surface area contributed by atoms with Gasteiger partial charge in [0.25, 0.3) is 11.5 Å². The molecule has 10 heteroatoms. The average Bonchev–Trinajstić information content (AvgIpc) is 3.36. The lowest BCUT2D eigenvalue weighted by Crippen LogP contribution is -2.41. The van der Waals surface area contributed by atoms with Crippen LogP contribution < -0.4 is 24.5 Å². The van der Waals surface area contributed by atoms with Crippen molar-refractivity contribution in [3.63, 3.8) is 0 Å². The highest BCUT2D eigenvalue weighted by Crippen LogP contribution is 2.38. The predicted molar refractivity (Wildman–Crippen MR) is 146 cm³/mol. The van der Waals surface area contributed by atoms with Gasteiger partial charge in [-0.25, -0.2) is 9.79 Å². The fraction of sp³-hybridized carbons (Fsp3) is 0.214. The first-order chi connectivity index (χ1) is 18.3. The second kappa shape index (κ2) is 10.1. The molecule has 0 N–H and O–H groups in total. The van der Waals surface area contributed by atoms with Crippen molar-refractivity contribution in [2.24, 2.45) is 4.99 Å². The third kappa shape index (κ3) is 3.99. The van der Waals surface area contributed by atoms with Gasteiger partial charge in [-0.2, -0.15) is 0 Å². The Hall–Kier alpha value is -3.95. The molecular formula is C28H24ClN3O5S. The number of methoxy groups -OCH3 is 1. The first-order valence-corrected chi connectivity index (χ1v) is 13.1. The summed E-state index contributed by atoms with van der Waals surface area (Å²) in [5.41, 5.74) is 2.30. The smallest absolute Gasteiger partial charge is 0.338 e. The molecule has 2 aromatic carbocycles. The number of hydrogen-bond acceptors (Lipinski definition) is 7. The summed E-state index contributed by atoms with van der Waals surface area (Å²) in [7, 11) is 1.50. The molecule has 3 aromatic rings. The summed E-state index contributed by atoms with van der Waals surface area (Å²) in [5, 5.41) is 0.406. The van der Waals surface area contributed by atoms with Crippen LogP contribution in [-0.4, -0.2) is 36.7 Å². The van der Waals surface area contributed by atoms with E-state index >= 15 is 0 Å². The molecule has 2 aliphatic heterocycles. The molecule has 38 heavy (non-hydrogen) atoms. The number of fused-ring (bicyclic) bond motifs is 2. The normalized spacial score (nSPS) is 17.6. The van der Waals surface area contributed by atoms with Gasteiger partial charge in [-0.15, -0.1) is 6.58 Å². The van der Waals surface area contributed by atoms with Crippen molar-refractivity contribution < 1.29 is 19.1 Å². The molecule has 1 aromatic heterocycles. The van der Waals surface area contributed by atoms with E-state index < -0.39 is 17.6 Å². The molecule has 8 nitrogen and oxygen atoms in total. The van der Waals surface area contributed by atoms with Crippen LogP contribution in [0.4, 0.5) is 5.69 Å². The maximum absolute atomic E-state index is 14.2. The molecule has 0 radical (unpaired) electrons. The van der Waals surface area contributed by atoms with Crippen molar-refractivity contribution in [2.45, 2.75) is 19.9 Å². The number of nitrogens with zero attached hydrogens (tertiary/aromatic N) is 3. The van der Waals surface area contributed by atoms with Gasteiger partial charge >= 0.3 is 5.97 Å². The quantitative estimate of drug-likeness (QED) is 0.347. The Bertz CT molecular complexity index is 1720. The lowest BCUT2D eigenvalue weighted by Gasteiger charge is -2.26. The number of allylic oxidation sites excluding steroid dienone is 1. The summed E-state index contributed by atoms with van der Waals surface area (Å²) < 4.78 is 12.6. The van der Waals surface area contributed by atoms with E-state index in [9.17, 15) is 14.4 Å². The molecule has 0 saturated heterocycles. The average molecular weight is 550 g/mol. The largest absolute Gasteiger partial charge is 0.496 e. The SMILES string of the molecule is C=CCN1C(=O)/C(=c2\sc3n(c2=O)[C@H](c2cc(Cl)ccc2OC)C(C(=O)OCC)=C(C)N=3)c2ccccc21. The molecule has 0 saturated carbocycles. The first kappa shape index (κ1) is 25.7. The zero-order valence-corrected chi connectivity index (χ0v) is 22.6. The number of para-hydroxylation sites is 1. The van der Waals surface area contributed by atoms with E-state index in [0.29, 0.717) is 50.2 Å². The molecule has 2 aliphatic rings. The highest BCUT2D eigenvalue weighted by atomic mass is 35.5.